The smallest absolute Gasteiger partial charge is 0.258 e. The van der Waals surface area contributed by atoms with Gasteiger partial charge in [0.1, 0.15) is 5.75 Å². The number of carbonyl (C=O) groups is 1. The highest BCUT2D eigenvalue weighted by Gasteiger charge is 2.23. The molecule has 150 valence electrons. The molecule has 1 aliphatic rings. The Morgan fingerprint density at radius 3 is 2.96 bits per heavy atom. The Morgan fingerprint density at radius 1 is 1.32 bits per heavy atom. The molecule has 1 aromatic heterocycles. The molecule has 2 aromatic rings. The van der Waals surface area contributed by atoms with Crippen molar-refractivity contribution in [2.24, 2.45) is 4.99 Å². The molecular weight excluding hydrogens is 356 g/mol. The minimum Gasteiger partial charge on any atom is -0.484 e. The van der Waals surface area contributed by atoms with Crippen molar-refractivity contribution in [1.29, 1.82) is 0 Å². The van der Waals surface area contributed by atoms with Crippen molar-refractivity contribution in [2.75, 3.05) is 20.2 Å². The second-order valence-corrected chi connectivity index (χ2v) is 6.75. The summed E-state index contributed by atoms with van der Waals surface area (Å²) < 4.78 is 7.50. The standard InChI is InChI=1S/C20H28N6O2/c1-21-20(22-9-3-11-26-12-4-10-24-26)23-14-16-5-2-6-18(13-16)28-15-19(27)25-17-7-8-17/h2,4-6,10,12-13,17H,3,7-9,11,14-15H2,1H3,(H,25,27)(H2,21,22,23). The molecule has 8 nitrogen and oxygen atoms in total. The number of aromatic nitrogens is 2. The van der Waals surface area contributed by atoms with E-state index in [-0.39, 0.29) is 12.5 Å². The van der Waals surface area contributed by atoms with E-state index in [9.17, 15) is 4.79 Å². The van der Waals surface area contributed by atoms with E-state index >= 15 is 0 Å². The van der Waals surface area contributed by atoms with Crippen LogP contribution < -0.4 is 20.7 Å². The quantitative estimate of drug-likeness (QED) is 0.326. The molecule has 1 amide bonds. The molecule has 1 aliphatic carbocycles. The Morgan fingerprint density at radius 2 is 2.21 bits per heavy atom. The summed E-state index contributed by atoms with van der Waals surface area (Å²) in [6.07, 6.45) is 6.84. The Kier molecular flexibility index (Phi) is 7.29. The van der Waals surface area contributed by atoms with Gasteiger partial charge in [-0.2, -0.15) is 5.10 Å². The highest BCUT2D eigenvalue weighted by atomic mass is 16.5. The maximum atomic E-state index is 11.7. The second-order valence-electron chi connectivity index (χ2n) is 6.75. The zero-order valence-corrected chi connectivity index (χ0v) is 16.2. The van der Waals surface area contributed by atoms with Crippen molar-refractivity contribution in [2.45, 2.75) is 38.4 Å². The number of hydrogen-bond donors (Lipinski definition) is 3. The molecule has 0 spiro atoms. The van der Waals surface area contributed by atoms with Crippen LogP contribution in [0.4, 0.5) is 0 Å². The minimum atomic E-state index is -0.0641. The second kappa shape index (κ2) is 10.3. The van der Waals surface area contributed by atoms with Crippen molar-refractivity contribution in [3.05, 3.63) is 48.3 Å². The molecule has 3 N–H and O–H groups in total. The zero-order chi connectivity index (χ0) is 19.6. The number of nitrogens with one attached hydrogen (secondary N) is 3. The highest BCUT2D eigenvalue weighted by molar-refractivity contribution is 5.79. The van der Waals surface area contributed by atoms with Crippen LogP contribution in [0.1, 0.15) is 24.8 Å². The molecule has 0 aliphatic heterocycles. The molecule has 1 aromatic carbocycles. The van der Waals surface area contributed by atoms with Gasteiger partial charge in [0, 0.05) is 45.1 Å². The number of guanidine groups is 1. The Labute approximate surface area is 165 Å². The van der Waals surface area contributed by atoms with Crippen LogP contribution in [0.2, 0.25) is 0 Å². The molecular formula is C20H28N6O2. The molecule has 28 heavy (non-hydrogen) atoms. The van der Waals surface area contributed by atoms with Crippen LogP contribution in [-0.2, 0) is 17.9 Å². The van der Waals surface area contributed by atoms with E-state index in [0.717, 1.165) is 43.9 Å². The third-order valence-corrected chi connectivity index (χ3v) is 4.31. The number of aryl methyl sites for hydroxylation is 1. The number of carbonyl (C=O) groups excluding carboxylic acids is 1. The van der Waals surface area contributed by atoms with Gasteiger partial charge in [0.15, 0.2) is 12.6 Å². The summed E-state index contributed by atoms with van der Waals surface area (Å²) in [5, 5.41) is 13.7. The Bertz CT molecular complexity index is 771. The third kappa shape index (κ3) is 6.94. The van der Waals surface area contributed by atoms with Crippen LogP contribution in [0.25, 0.3) is 0 Å². The highest BCUT2D eigenvalue weighted by Crippen LogP contribution is 2.18. The maximum Gasteiger partial charge on any atom is 0.258 e. The summed E-state index contributed by atoms with van der Waals surface area (Å²) in [4.78, 5) is 16.0. The van der Waals surface area contributed by atoms with Gasteiger partial charge in [0.05, 0.1) is 0 Å². The van der Waals surface area contributed by atoms with E-state index in [4.69, 9.17) is 4.74 Å². The average Bonchev–Trinajstić information content (AvgIpc) is 3.37. The number of rotatable bonds is 10. The summed E-state index contributed by atoms with van der Waals surface area (Å²) >= 11 is 0. The van der Waals surface area contributed by atoms with Gasteiger partial charge in [-0.05, 0) is 43.0 Å². The first-order chi connectivity index (χ1) is 13.7. The summed E-state index contributed by atoms with van der Waals surface area (Å²) in [6.45, 7) is 2.33. The minimum absolute atomic E-state index is 0.0485. The lowest BCUT2D eigenvalue weighted by molar-refractivity contribution is -0.123. The topological polar surface area (TPSA) is 92.6 Å². The van der Waals surface area contributed by atoms with Crippen molar-refractivity contribution in [1.82, 2.24) is 25.7 Å². The van der Waals surface area contributed by atoms with Crippen LogP contribution in [-0.4, -0.2) is 47.9 Å². The Hall–Kier alpha value is -3.03. The number of ether oxygens (including phenoxy) is 1. The molecule has 1 fully saturated rings. The van der Waals surface area contributed by atoms with Gasteiger partial charge in [0.25, 0.3) is 5.91 Å². The predicted octanol–water partition coefficient (Wildman–Crippen LogP) is 1.30. The summed E-state index contributed by atoms with van der Waals surface area (Å²) in [7, 11) is 1.75. The van der Waals surface area contributed by atoms with Gasteiger partial charge in [-0.25, -0.2) is 0 Å². The fourth-order valence-corrected chi connectivity index (χ4v) is 2.68. The lowest BCUT2D eigenvalue weighted by Gasteiger charge is -2.13. The monoisotopic (exact) mass is 384 g/mol. The first kappa shape index (κ1) is 19.7. The van der Waals surface area contributed by atoms with E-state index in [0.29, 0.717) is 18.3 Å². The van der Waals surface area contributed by atoms with Gasteiger partial charge in [-0.3, -0.25) is 14.5 Å². The van der Waals surface area contributed by atoms with Gasteiger partial charge < -0.3 is 20.7 Å². The Balaban J connectivity index is 1.36. The van der Waals surface area contributed by atoms with E-state index < -0.39 is 0 Å². The lowest BCUT2D eigenvalue weighted by Crippen LogP contribution is -2.37. The molecule has 0 bridgehead atoms. The van der Waals surface area contributed by atoms with Crippen LogP contribution in [0.3, 0.4) is 0 Å². The number of benzene rings is 1. The van der Waals surface area contributed by atoms with Gasteiger partial charge in [-0.15, -0.1) is 0 Å². The number of aliphatic imine (C=N–C) groups is 1. The van der Waals surface area contributed by atoms with Crippen LogP contribution >= 0.6 is 0 Å². The number of amides is 1. The number of hydrogen-bond acceptors (Lipinski definition) is 4. The SMILES string of the molecule is CN=C(NCCCn1cccn1)NCc1cccc(OCC(=O)NC2CC2)c1. The van der Waals surface area contributed by atoms with Gasteiger partial charge >= 0.3 is 0 Å². The largest absolute Gasteiger partial charge is 0.484 e. The first-order valence-corrected chi connectivity index (χ1v) is 9.66. The van der Waals surface area contributed by atoms with Crippen LogP contribution in [0.5, 0.6) is 5.75 Å². The fraction of sp³-hybridized carbons (Fsp3) is 0.450. The van der Waals surface area contributed by atoms with Crippen molar-refractivity contribution < 1.29 is 9.53 Å². The summed E-state index contributed by atoms with van der Waals surface area (Å²) in [6, 6.07) is 10.00. The molecule has 3 rings (SSSR count). The average molecular weight is 384 g/mol. The van der Waals surface area contributed by atoms with Crippen molar-refractivity contribution in [3.63, 3.8) is 0 Å². The third-order valence-electron chi connectivity index (χ3n) is 4.31. The van der Waals surface area contributed by atoms with Gasteiger partial charge in [-0.1, -0.05) is 12.1 Å². The molecule has 0 unspecified atom stereocenters. The molecule has 0 atom stereocenters. The first-order valence-electron chi connectivity index (χ1n) is 9.66. The van der Waals surface area contributed by atoms with E-state index in [2.05, 4.69) is 26.0 Å². The van der Waals surface area contributed by atoms with Crippen LogP contribution in [0, 0.1) is 0 Å². The maximum absolute atomic E-state index is 11.7. The van der Waals surface area contributed by atoms with Crippen molar-refractivity contribution >= 4 is 11.9 Å². The van der Waals surface area contributed by atoms with E-state index in [1.807, 2.05) is 41.2 Å². The molecule has 0 saturated heterocycles. The normalized spacial score (nSPS) is 13.8. The molecule has 1 saturated carbocycles. The fourth-order valence-electron chi connectivity index (χ4n) is 2.68. The lowest BCUT2D eigenvalue weighted by atomic mass is 10.2. The zero-order valence-electron chi connectivity index (χ0n) is 16.2. The van der Waals surface area contributed by atoms with E-state index in [1.165, 1.54) is 0 Å². The summed E-state index contributed by atoms with van der Waals surface area (Å²) in [5.74, 6) is 1.37. The molecule has 8 heteroatoms. The number of nitrogens with zero attached hydrogens (tertiary/aromatic N) is 3. The predicted molar refractivity (Wildman–Crippen MR) is 108 cm³/mol. The van der Waals surface area contributed by atoms with Crippen molar-refractivity contribution in [3.8, 4) is 5.75 Å². The molecule has 0 radical (unpaired) electrons. The van der Waals surface area contributed by atoms with E-state index in [1.54, 1.807) is 13.2 Å². The molecule has 1 heterocycles. The van der Waals surface area contributed by atoms with Crippen LogP contribution in [0.15, 0.2) is 47.7 Å². The summed E-state index contributed by atoms with van der Waals surface area (Å²) in [5.41, 5.74) is 1.06. The van der Waals surface area contributed by atoms with Gasteiger partial charge in [0.2, 0.25) is 0 Å².